The van der Waals surface area contributed by atoms with Crippen molar-refractivity contribution in [3.63, 3.8) is 0 Å². The summed E-state index contributed by atoms with van der Waals surface area (Å²) in [5, 5.41) is 0. The molecular weight excluding hydrogens is 188 g/mol. The molecule has 3 nitrogen and oxygen atoms in total. The fourth-order valence-electron chi connectivity index (χ4n) is 1.90. The highest BCUT2D eigenvalue weighted by molar-refractivity contribution is 5.72. The van der Waals surface area contributed by atoms with Crippen LogP contribution in [0.25, 0.3) is 0 Å². The molecule has 0 fully saturated rings. The monoisotopic (exact) mass is 210 g/mol. The van der Waals surface area contributed by atoms with E-state index in [1.807, 2.05) is 0 Å². The average Bonchev–Trinajstić information content (AvgIpc) is 2.14. The zero-order chi connectivity index (χ0) is 11.5. The molecule has 0 aromatic carbocycles. The number of carbonyl (C=O) groups is 1. The van der Waals surface area contributed by atoms with Crippen LogP contribution in [0, 0.1) is 11.3 Å². The number of amides is 1. The molecule has 1 aliphatic rings. The number of hydrogen-bond donors (Lipinski definition) is 2. The fourth-order valence-corrected chi connectivity index (χ4v) is 1.90. The van der Waals surface area contributed by atoms with Gasteiger partial charge in [-0.1, -0.05) is 26.8 Å². The number of hydrazine groups is 1. The van der Waals surface area contributed by atoms with Crippen molar-refractivity contribution < 1.29 is 4.79 Å². The van der Waals surface area contributed by atoms with Crippen molar-refractivity contribution in [1.29, 1.82) is 0 Å². The Morgan fingerprint density at radius 3 is 2.53 bits per heavy atom. The topological polar surface area (TPSA) is 41.1 Å². The van der Waals surface area contributed by atoms with Crippen LogP contribution in [0.1, 0.15) is 47.0 Å². The van der Waals surface area contributed by atoms with Crippen molar-refractivity contribution in [2.24, 2.45) is 11.3 Å². The Morgan fingerprint density at radius 1 is 1.47 bits per heavy atom. The zero-order valence-electron chi connectivity index (χ0n) is 10.2. The smallest absolute Gasteiger partial charge is 0.235 e. The first kappa shape index (κ1) is 12.1. The van der Waals surface area contributed by atoms with Gasteiger partial charge in [-0.25, -0.2) is 0 Å². The maximum Gasteiger partial charge on any atom is 0.235 e. The Kier molecular flexibility index (Phi) is 3.77. The average molecular weight is 210 g/mol. The molecule has 15 heavy (non-hydrogen) atoms. The third-order valence-corrected chi connectivity index (χ3v) is 3.03. The van der Waals surface area contributed by atoms with E-state index in [1.165, 1.54) is 13.3 Å². The van der Waals surface area contributed by atoms with Gasteiger partial charge in [-0.15, -0.1) is 0 Å². The molecule has 0 unspecified atom stereocenters. The third-order valence-electron chi connectivity index (χ3n) is 3.03. The van der Waals surface area contributed by atoms with E-state index in [1.54, 1.807) is 0 Å². The van der Waals surface area contributed by atoms with Gasteiger partial charge in [-0.05, 0) is 30.6 Å². The van der Waals surface area contributed by atoms with Gasteiger partial charge in [0, 0.05) is 12.6 Å². The minimum Gasteiger partial charge on any atom is -0.303 e. The molecule has 86 valence electrons. The lowest BCUT2D eigenvalue weighted by atomic mass is 9.74. The first-order valence-electron chi connectivity index (χ1n) is 5.61. The van der Waals surface area contributed by atoms with Gasteiger partial charge in [0.15, 0.2) is 0 Å². The summed E-state index contributed by atoms with van der Waals surface area (Å²) < 4.78 is 0. The molecule has 0 saturated carbocycles. The lowest BCUT2D eigenvalue weighted by Gasteiger charge is -2.33. The summed E-state index contributed by atoms with van der Waals surface area (Å²) in [4.78, 5) is 10.7. The molecule has 0 radical (unpaired) electrons. The van der Waals surface area contributed by atoms with Crippen molar-refractivity contribution in [2.75, 3.05) is 0 Å². The summed E-state index contributed by atoms with van der Waals surface area (Å²) in [7, 11) is 0. The summed E-state index contributed by atoms with van der Waals surface area (Å²) in [6.07, 6.45) is 5.53. The Balaban J connectivity index is 2.42. The molecule has 3 heteroatoms. The van der Waals surface area contributed by atoms with E-state index in [9.17, 15) is 4.79 Å². The minimum atomic E-state index is -0.0474. The van der Waals surface area contributed by atoms with Gasteiger partial charge in [-0.3, -0.25) is 10.2 Å². The maximum atomic E-state index is 10.7. The second-order valence-electron chi connectivity index (χ2n) is 5.37. The van der Waals surface area contributed by atoms with Crippen LogP contribution in [-0.4, -0.2) is 5.91 Å². The van der Waals surface area contributed by atoms with Crippen LogP contribution in [0.2, 0.25) is 0 Å². The quantitative estimate of drug-likeness (QED) is 0.687. The van der Waals surface area contributed by atoms with Gasteiger partial charge in [0.2, 0.25) is 5.91 Å². The van der Waals surface area contributed by atoms with Crippen molar-refractivity contribution >= 4 is 5.91 Å². The molecule has 0 aliphatic heterocycles. The van der Waals surface area contributed by atoms with Gasteiger partial charge in [-0.2, -0.15) is 0 Å². The van der Waals surface area contributed by atoms with Crippen molar-refractivity contribution in [3.05, 3.63) is 11.8 Å². The lowest BCUT2D eigenvalue weighted by Crippen LogP contribution is -2.36. The number of rotatable bonds is 2. The molecule has 0 aromatic heterocycles. The van der Waals surface area contributed by atoms with Gasteiger partial charge < -0.3 is 5.43 Å². The fraction of sp³-hybridized carbons (Fsp3) is 0.750. The van der Waals surface area contributed by atoms with E-state index in [2.05, 4.69) is 37.7 Å². The molecule has 1 rings (SSSR count). The van der Waals surface area contributed by atoms with E-state index in [-0.39, 0.29) is 5.91 Å². The van der Waals surface area contributed by atoms with E-state index in [4.69, 9.17) is 0 Å². The molecule has 0 saturated heterocycles. The minimum absolute atomic E-state index is 0.0474. The van der Waals surface area contributed by atoms with E-state index < -0.39 is 0 Å². The van der Waals surface area contributed by atoms with Crippen molar-refractivity contribution in [3.8, 4) is 0 Å². The van der Waals surface area contributed by atoms with E-state index in [0.29, 0.717) is 5.41 Å². The molecule has 0 heterocycles. The van der Waals surface area contributed by atoms with Crippen LogP contribution in [0.4, 0.5) is 0 Å². The molecule has 0 spiro atoms. The van der Waals surface area contributed by atoms with E-state index in [0.717, 1.165) is 24.5 Å². The number of nitrogens with one attached hydrogen (secondary N) is 2. The second-order valence-corrected chi connectivity index (χ2v) is 5.37. The standard InChI is InChI=1S/C12H22N2O/c1-9(15)13-14-11-7-5-10(6-8-11)12(2,3)4/h7,10,14H,5-6,8H2,1-4H3,(H,13,15)/t10-/m1/s1. The molecule has 1 amide bonds. The highest BCUT2D eigenvalue weighted by Crippen LogP contribution is 2.36. The van der Waals surface area contributed by atoms with E-state index >= 15 is 0 Å². The SMILES string of the molecule is CC(=O)NNC1=CC[C@@H](C(C)(C)C)CC1. The predicted octanol–water partition coefficient (Wildman–Crippen LogP) is 2.36. The Hall–Kier alpha value is -0.990. The van der Waals surface area contributed by atoms with Crippen LogP contribution in [0.5, 0.6) is 0 Å². The normalized spacial score (nSPS) is 21.9. The highest BCUT2D eigenvalue weighted by Gasteiger charge is 2.26. The largest absolute Gasteiger partial charge is 0.303 e. The molecular formula is C12H22N2O. The van der Waals surface area contributed by atoms with Gasteiger partial charge in [0.05, 0.1) is 0 Å². The Morgan fingerprint density at radius 2 is 2.13 bits per heavy atom. The summed E-state index contributed by atoms with van der Waals surface area (Å²) in [5.74, 6) is 0.703. The molecule has 1 aliphatic carbocycles. The maximum absolute atomic E-state index is 10.7. The molecule has 1 atom stereocenters. The van der Waals surface area contributed by atoms with Crippen LogP contribution < -0.4 is 10.9 Å². The van der Waals surface area contributed by atoms with Crippen LogP contribution >= 0.6 is 0 Å². The summed E-state index contributed by atoms with van der Waals surface area (Å²) in [5.41, 5.74) is 7.10. The zero-order valence-corrected chi connectivity index (χ0v) is 10.2. The first-order chi connectivity index (χ1) is 6.89. The molecule has 0 aromatic rings. The van der Waals surface area contributed by atoms with Crippen LogP contribution in [0.3, 0.4) is 0 Å². The second kappa shape index (κ2) is 4.69. The number of hydrogen-bond acceptors (Lipinski definition) is 2. The molecule has 0 bridgehead atoms. The van der Waals surface area contributed by atoms with Crippen LogP contribution in [0.15, 0.2) is 11.8 Å². The van der Waals surface area contributed by atoms with Crippen molar-refractivity contribution in [2.45, 2.75) is 47.0 Å². The molecule has 2 N–H and O–H groups in total. The summed E-state index contributed by atoms with van der Waals surface area (Å²) in [6, 6.07) is 0. The summed E-state index contributed by atoms with van der Waals surface area (Å²) >= 11 is 0. The predicted molar refractivity (Wildman–Crippen MR) is 61.8 cm³/mol. The van der Waals surface area contributed by atoms with Crippen LogP contribution in [-0.2, 0) is 4.79 Å². The third kappa shape index (κ3) is 3.94. The van der Waals surface area contributed by atoms with Gasteiger partial charge in [0.1, 0.15) is 0 Å². The Labute approximate surface area is 92.3 Å². The Bertz CT molecular complexity index is 263. The lowest BCUT2D eigenvalue weighted by molar-refractivity contribution is -0.119. The van der Waals surface area contributed by atoms with Crippen molar-refractivity contribution in [1.82, 2.24) is 10.9 Å². The van der Waals surface area contributed by atoms with Gasteiger partial charge >= 0.3 is 0 Å². The highest BCUT2D eigenvalue weighted by atomic mass is 16.2. The first-order valence-corrected chi connectivity index (χ1v) is 5.61. The number of carbonyl (C=O) groups excluding carboxylic acids is 1. The van der Waals surface area contributed by atoms with Gasteiger partial charge in [0.25, 0.3) is 0 Å². The number of allylic oxidation sites excluding steroid dienone is 2. The summed E-state index contributed by atoms with van der Waals surface area (Å²) in [6.45, 7) is 8.38.